The van der Waals surface area contributed by atoms with Crippen LogP contribution in [0.4, 0.5) is 11.4 Å². The number of para-hydroxylation sites is 1. The van der Waals surface area contributed by atoms with Crippen molar-refractivity contribution in [3.8, 4) is 11.4 Å². The number of nitrogens with zero attached hydrogens (tertiary/aromatic N) is 3. The van der Waals surface area contributed by atoms with Crippen LogP contribution >= 0.6 is 12.2 Å². The third-order valence-corrected chi connectivity index (χ3v) is 8.12. The van der Waals surface area contributed by atoms with Gasteiger partial charge in [0.05, 0.1) is 30.6 Å². The van der Waals surface area contributed by atoms with Crippen LogP contribution < -0.4 is 20.3 Å². The third kappa shape index (κ3) is 5.20. The Kier molecular flexibility index (Phi) is 7.62. The first kappa shape index (κ1) is 28.4. The molecule has 2 atom stereocenters. The monoisotopic (exact) mass is 567 g/mol. The van der Waals surface area contributed by atoms with E-state index in [-0.39, 0.29) is 18.0 Å². The van der Waals surface area contributed by atoms with E-state index in [0.717, 1.165) is 22.8 Å². The molecule has 2 aromatic carbocycles. The Labute approximate surface area is 247 Å². The largest absolute Gasteiger partial charge is 0.494 e. The van der Waals surface area contributed by atoms with E-state index in [9.17, 15) is 4.79 Å². The van der Waals surface area contributed by atoms with E-state index in [1.165, 1.54) is 16.8 Å². The Hall–Kier alpha value is -4.17. The molecule has 7 nitrogen and oxygen atoms in total. The highest BCUT2D eigenvalue weighted by molar-refractivity contribution is 7.80. The molecule has 0 radical (unpaired) electrons. The van der Waals surface area contributed by atoms with Crippen molar-refractivity contribution in [1.29, 1.82) is 0 Å². The van der Waals surface area contributed by atoms with Crippen LogP contribution in [-0.4, -0.2) is 27.7 Å². The quantitative estimate of drug-likeness (QED) is 0.245. The summed E-state index contributed by atoms with van der Waals surface area (Å²) >= 11 is 6.00. The molecule has 1 aliphatic heterocycles. The summed E-state index contributed by atoms with van der Waals surface area (Å²) < 4.78 is 8.06. The smallest absolute Gasteiger partial charge is 0.229 e. The van der Waals surface area contributed by atoms with E-state index >= 15 is 0 Å². The number of thiocarbonyl (C=S) groups is 1. The van der Waals surface area contributed by atoms with Crippen LogP contribution in [0.1, 0.15) is 61.1 Å². The predicted molar refractivity (Wildman–Crippen MR) is 169 cm³/mol. The minimum atomic E-state index is -0.538. The number of anilines is 2. The number of aromatic nitrogens is 2. The highest BCUT2D eigenvalue weighted by atomic mass is 32.1. The number of hydrogen-bond donors (Lipinski definition) is 2. The van der Waals surface area contributed by atoms with Gasteiger partial charge in [0.25, 0.3) is 0 Å². The number of pyridine rings is 1. The minimum absolute atomic E-state index is 0.0843. The molecule has 8 heteroatoms. The normalized spacial score (nSPS) is 17.0. The Morgan fingerprint density at radius 2 is 1.68 bits per heavy atom. The number of benzene rings is 2. The Bertz CT molecular complexity index is 1590. The molecule has 3 heterocycles. The zero-order valence-corrected chi connectivity index (χ0v) is 25.5. The molecule has 5 rings (SSSR count). The lowest BCUT2D eigenvalue weighted by atomic mass is 9.93. The lowest BCUT2D eigenvalue weighted by Gasteiger charge is -2.29. The van der Waals surface area contributed by atoms with Gasteiger partial charge in [-0.05, 0) is 75.0 Å². The molecule has 1 amide bonds. The van der Waals surface area contributed by atoms with Gasteiger partial charge in [-0.2, -0.15) is 0 Å². The fourth-order valence-corrected chi connectivity index (χ4v) is 5.92. The number of nitrogens with one attached hydrogen (secondary N) is 2. The molecule has 0 saturated carbocycles. The number of ether oxygens (including phenoxy) is 1. The molecular weight excluding hydrogens is 530 g/mol. The number of amides is 1. The second-order valence-corrected chi connectivity index (χ2v) is 11.9. The standard InChI is InChI=1S/C33H37N5O2S/c1-20-21(2)37(23-13-9-8-10-14-23)22(3)28(20)30-29(26-15-11-12-18-34-26)36-32(41)38(30)24-16-17-25(27(19-24)40-7)35-31(39)33(4,5)6/h8-19,29-30H,1-7H3,(H,35,39)(H,36,41)/t29-,30-/m1/s1. The van der Waals surface area contributed by atoms with Crippen LogP contribution in [0, 0.1) is 26.2 Å². The molecule has 212 valence electrons. The number of methoxy groups -OCH3 is 1. The minimum Gasteiger partial charge on any atom is -0.494 e. The lowest BCUT2D eigenvalue weighted by Crippen LogP contribution is -2.30. The van der Waals surface area contributed by atoms with Crippen LogP contribution in [0.5, 0.6) is 5.75 Å². The summed E-state index contributed by atoms with van der Waals surface area (Å²) in [5.41, 5.74) is 7.69. The molecule has 1 fully saturated rings. The molecule has 0 spiro atoms. The van der Waals surface area contributed by atoms with Crippen molar-refractivity contribution < 1.29 is 9.53 Å². The van der Waals surface area contributed by atoms with E-state index in [2.05, 4.69) is 65.1 Å². The molecule has 1 aliphatic rings. The molecule has 41 heavy (non-hydrogen) atoms. The molecule has 1 saturated heterocycles. The summed E-state index contributed by atoms with van der Waals surface area (Å²) in [4.78, 5) is 19.6. The van der Waals surface area contributed by atoms with Crippen molar-refractivity contribution in [1.82, 2.24) is 14.9 Å². The van der Waals surface area contributed by atoms with E-state index in [0.29, 0.717) is 16.5 Å². The first-order valence-electron chi connectivity index (χ1n) is 13.8. The second kappa shape index (κ2) is 11.0. The zero-order chi connectivity index (χ0) is 29.5. The van der Waals surface area contributed by atoms with Crippen LogP contribution in [0.2, 0.25) is 0 Å². The Balaban J connectivity index is 1.66. The first-order chi connectivity index (χ1) is 19.5. The van der Waals surface area contributed by atoms with Crippen molar-refractivity contribution >= 4 is 34.6 Å². The van der Waals surface area contributed by atoms with Gasteiger partial charge >= 0.3 is 0 Å². The molecular formula is C33H37N5O2S. The van der Waals surface area contributed by atoms with Crippen LogP contribution in [-0.2, 0) is 4.79 Å². The van der Waals surface area contributed by atoms with Gasteiger partial charge in [0.15, 0.2) is 5.11 Å². The SMILES string of the molecule is COc1cc(N2C(=S)N[C@H](c3ccccn3)[C@H]2c2c(C)c(C)n(-c3ccccc3)c2C)ccc1NC(=O)C(C)(C)C. The van der Waals surface area contributed by atoms with E-state index < -0.39 is 5.41 Å². The average Bonchev–Trinajstić information content (AvgIpc) is 3.40. The highest BCUT2D eigenvalue weighted by Gasteiger charge is 2.43. The molecule has 0 unspecified atom stereocenters. The Morgan fingerprint density at radius 1 is 0.976 bits per heavy atom. The van der Waals surface area contributed by atoms with Gasteiger partial charge in [-0.3, -0.25) is 9.78 Å². The topological polar surface area (TPSA) is 71.4 Å². The molecule has 4 aromatic rings. The lowest BCUT2D eigenvalue weighted by molar-refractivity contribution is -0.123. The molecule has 0 bridgehead atoms. The van der Waals surface area contributed by atoms with Gasteiger partial charge in [-0.25, -0.2) is 0 Å². The van der Waals surface area contributed by atoms with Crippen molar-refractivity contribution in [2.75, 3.05) is 17.3 Å². The summed E-state index contributed by atoms with van der Waals surface area (Å²) in [5.74, 6) is 0.480. The van der Waals surface area contributed by atoms with E-state index in [1.54, 1.807) is 7.11 Å². The number of carbonyl (C=O) groups excluding carboxylic acids is 1. The summed E-state index contributed by atoms with van der Waals surface area (Å²) in [5, 5.41) is 7.18. The maximum atomic E-state index is 12.7. The fraction of sp³-hybridized carbons (Fsp3) is 0.303. The summed E-state index contributed by atoms with van der Waals surface area (Å²) in [6.07, 6.45) is 1.82. The van der Waals surface area contributed by atoms with Crippen molar-refractivity contribution in [3.63, 3.8) is 0 Å². The van der Waals surface area contributed by atoms with Crippen LogP contribution in [0.3, 0.4) is 0 Å². The number of rotatable bonds is 6. The molecule has 2 aromatic heterocycles. The molecule has 2 N–H and O–H groups in total. The van der Waals surface area contributed by atoms with Crippen LogP contribution in [0.15, 0.2) is 72.9 Å². The summed E-state index contributed by atoms with van der Waals surface area (Å²) in [6.45, 7) is 12.2. The van der Waals surface area contributed by atoms with Gasteiger partial charge in [-0.15, -0.1) is 0 Å². The molecule has 0 aliphatic carbocycles. The number of hydrogen-bond acceptors (Lipinski definition) is 4. The van der Waals surface area contributed by atoms with Crippen molar-refractivity contribution in [2.24, 2.45) is 5.41 Å². The second-order valence-electron chi connectivity index (χ2n) is 11.5. The van der Waals surface area contributed by atoms with Gasteiger partial charge < -0.3 is 24.8 Å². The van der Waals surface area contributed by atoms with Gasteiger partial charge in [0.2, 0.25) is 5.91 Å². The predicted octanol–water partition coefficient (Wildman–Crippen LogP) is 6.97. The number of carbonyl (C=O) groups is 1. The van der Waals surface area contributed by atoms with Crippen LogP contribution in [0.25, 0.3) is 5.69 Å². The van der Waals surface area contributed by atoms with E-state index in [1.807, 2.05) is 69.4 Å². The fourth-order valence-electron chi connectivity index (χ4n) is 5.58. The van der Waals surface area contributed by atoms with E-state index in [4.69, 9.17) is 21.9 Å². The van der Waals surface area contributed by atoms with Gasteiger partial charge in [-0.1, -0.05) is 45.0 Å². The highest BCUT2D eigenvalue weighted by Crippen LogP contribution is 2.46. The summed E-state index contributed by atoms with van der Waals surface area (Å²) in [6, 6.07) is 21.8. The van der Waals surface area contributed by atoms with Gasteiger partial charge in [0, 0.05) is 46.0 Å². The third-order valence-electron chi connectivity index (χ3n) is 7.81. The van der Waals surface area contributed by atoms with Crippen molar-refractivity contribution in [2.45, 2.75) is 53.6 Å². The maximum absolute atomic E-state index is 12.7. The maximum Gasteiger partial charge on any atom is 0.229 e. The average molecular weight is 568 g/mol. The van der Waals surface area contributed by atoms with Crippen molar-refractivity contribution in [3.05, 3.63) is 101 Å². The summed E-state index contributed by atoms with van der Waals surface area (Å²) in [7, 11) is 1.61. The first-order valence-corrected chi connectivity index (χ1v) is 14.2. The Morgan fingerprint density at radius 3 is 2.32 bits per heavy atom. The van der Waals surface area contributed by atoms with Gasteiger partial charge in [0.1, 0.15) is 5.75 Å². The zero-order valence-electron chi connectivity index (χ0n) is 24.6.